The molecule has 0 saturated heterocycles. The van der Waals surface area contributed by atoms with Gasteiger partial charge in [0.2, 0.25) is 0 Å². The Labute approximate surface area is 100 Å². The summed E-state index contributed by atoms with van der Waals surface area (Å²) in [6.07, 6.45) is 6.96. The van der Waals surface area contributed by atoms with Crippen LogP contribution < -0.4 is 10.5 Å². The van der Waals surface area contributed by atoms with Crippen LogP contribution in [0.1, 0.15) is 22.7 Å². The van der Waals surface area contributed by atoms with Gasteiger partial charge < -0.3 is 10.5 Å². The molecule has 0 amide bonds. The van der Waals surface area contributed by atoms with E-state index in [9.17, 15) is 0 Å². The molecule has 0 aliphatic rings. The molecule has 0 aromatic carbocycles. The van der Waals surface area contributed by atoms with E-state index < -0.39 is 0 Å². The summed E-state index contributed by atoms with van der Waals surface area (Å²) in [7, 11) is 1.61. The van der Waals surface area contributed by atoms with Gasteiger partial charge in [-0.1, -0.05) is 0 Å². The van der Waals surface area contributed by atoms with Gasteiger partial charge in [0, 0.05) is 18.6 Å². The van der Waals surface area contributed by atoms with Crippen LogP contribution in [0.3, 0.4) is 0 Å². The van der Waals surface area contributed by atoms with Gasteiger partial charge in [0.15, 0.2) is 0 Å². The van der Waals surface area contributed by atoms with Crippen LogP contribution in [0.5, 0.6) is 5.75 Å². The number of rotatable bonds is 3. The van der Waals surface area contributed by atoms with Crippen molar-refractivity contribution in [2.45, 2.75) is 13.0 Å². The number of ether oxygens (including phenoxy) is 1. The predicted octanol–water partition coefficient (Wildman–Crippen LogP) is 1.84. The van der Waals surface area contributed by atoms with Gasteiger partial charge in [0.1, 0.15) is 5.75 Å². The fraction of sp³-hybridized carbons (Fsp3) is 0.231. The maximum absolute atomic E-state index is 6.21. The number of methoxy groups -OCH3 is 1. The van der Waals surface area contributed by atoms with Gasteiger partial charge in [-0.05, 0) is 35.7 Å². The minimum absolute atomic E-state index is 0.230. The van der Waals surface area contributed by atoms with Gasteiger partial charge >= 0.3 is 0 Å². The number of pyridine rings is 2. The summed E-state index contributed by atoms with van der Waals surface area (Å²) in [5.41, 5.74) is 9.25. The van der Waals surface area contributed by atoms with E-state index in [2.05, 4.69) is 9.97 Å². The van der Waals surface area contributed by atoms with Crippen LogP contribution in [-0.4, -0.2) is 17.1 Å². The Morgan fingerprint density at radius 1 is 1.24 bits per heavy atom. The third-order valence-electron chi connectivity index (χ3n) is 2.74. The molecule has 0 bridgehead atoms. The summed E-state index contributed by atoms with van der Waals surface area (Å²) in [4.78, 5) is 8.21. The molecule has 17 heavy (non-hydrogen) atoms. The molecule has 0 spiro atoms. The molecule has 2 rings (SSSR count). The summed E-state index contributed by atoms with van der Waals surface area (Å²) in [6.45, 7) is 2.02. The fourth-order valence-electron chi connectivity index (χ4n) is 1.70. The maximum Gasteiger partial charge on any atom is 0.137 e. The van der Waals surface area contributed by atoms with E-state index >= 15 is 0 Å². The van der Waals surface area contributed by atoms with Crippen molar-refractivity contribution in [1.82, 2.24) is 9.97 Å². The molecule has 1 atom stereocenters. The fourth-order valence-corrected chi connectivity index (χ4v) is 1.70. The highest BCUT2D eigenvalue weighted by Gasteiger charge is 2.12. The van der Waals surface area contributed by atoms with Crippen molar-refractivity contribution in [2.75, 3.05) is 7.11 Å². The highest BCUT2D eigenvalue weighted by Crippen LogP contribution is 2.23. The maximum atomic E-state index is 6.21. The summed E-state index contributed by atoms with van der Waals surface area (Å²) in [5, 5.41) is 0. The largest absolute Gasteiger partial charge is 0.495 e. The summed E-state index contributed by atoms with van der Waals surface area (Å²) in [6, 6.07) is 3.61. The second kappa shape index (κ2) is 4.93. The van der Waals surface area contributed by atoms with E-state index in [1.807, 2.05) is 19.1 Å². The highest BCUT2D eigenvalue weighted by atomic mass is 16.5. The predicted molar refractivity (Wildman–Crippen MR) is 65.8 cm³/mol. The quantitative estimate of drug-likeness (QED) is 0.872. The van der Waals surface area contributed by atoms with E-state index in [0.717, 1.165) is 16.7 Å². The van der Waals surface area contributed by atoms with Gasteiger partial charge in [0.25, 0.3) is 0 Å². The number of nitrogens with zero attached hydrogens (tertiary/aromatic N) is 2. The van der Waals surface area contributed by atoms with Crippen molar-refractivity contribution < 1.29 is 4.74 Å². The Balaban J connectivity index is 2.37. The van der Waals surface area contributed by atoms with Crippen LogP contribution >= 0.6 is 0 Å². The molecule has 2 aromatic rings. The first kappa shape index (κ1) is 11.5. The molecule has 0 aliphatic carbocycles. The standard InChI is InChI=1S/C13H15N3O/c1-9-3-4-15-8-12(9)13(14)10-5-11(17-2)7-16-6-10/h3-8,13H,14H2,1-2H3. The number of hydrogen-bond donors (Lipinski definition) is 1. The lowest BCUT2D eigenvalue weighted by atomic mass is 9.99. The Hall–Kier alpha value is -1.94. The molecule has 2 N–H and O–H groups in total. The van der Waals surface area contributed by atoms with Crippen molar-refractivity contribution in [3.8, 4) is 5.75 Å². The number of hydrogen-bond acceptors (Lipinski definition) is 4. The SMILES string of the molecule is COc1cncc(C(N)c2cnccc2C)c1. The molecule has 4 heteroatoms. The average molecular weight is 229 g/mol. The lowest BCUT2D eigenvalue weighted by molar-refractivity contribution is 0.412. The van der Waals surface area contributed by atoms with Crippen LogP contribution in [0.2, 0.25) is 0 Å². The molecular formula is C13H15N3O. The Morgan fingerprint density at radius 3 is 2.76 bits per heavy atom. The van der Waals surface area contributed by atoms with Gasteiger partial charge in [-0.2, -0.15) is 0 Å². The first-order valence-corrected chi connectivity index (χ1v) is 5.37. The van der Waals surface area contributed by atoms with Crippen LogP contribution in [-0.2, 0) is 0 Å². The Kier molecular flexibility index (Phi) is 3.35. The number of aromatic nitrogens is 2. The zero-order valence-corrected chi connectivity index (χ0v) is 9.92. The Bertz CT molecular complexity index is 514. The third kappa shape index (κ3) is 2.42. The molecule has 0 aliphatic heterocycles. The first-order chi connectivity index (χ1) is 8.22. The second-order valence-electron chi connectivity index (χ2n) is 3.87. The van der Waals surface area contributed by atoms with Crippen LogP contribution in [0.4, 0.5) is 0 Å². The van der Waals surface area contributed by atoms with Crippen molar-refractivity contribution in [3.63, 3.8) is 0 Å². The van der Waals surface area contributed by atoms with Gasteiger partial charge in [-0.3, -0.25) is 9.97 Å². The van der Waals surface area contributed by atoms with Gasteiger partial charge in [0.05, 0.1) is 19.3 Å². The molecule has 0 radical (unpaired) electrons. The second-order valence-corrected chi connectivity index (χ2v) is 3.87. The lowest BCUT2D eigenvalue weighted by Crippen LogP contribution is -2.14. The smallest absolute Gasteiger partial charge is 0.137 e. The van der Waals surface area contributed by atoms with Crippen LogP contribution in [0.25, 0.3) is 0 Å². The minimum atomic E-state index is -0.230. The molecule has 4 nitrogen and oxygen atoms in total. The normalized spacial score (nSPS) is 12.2. The van der Waals surface area contributed by atoms with E-state index in [1.165, 1.54) is 0 Å². The Morgan fingerprint density at radius 2 is 2.06 bits per heavy atom. The lowest BCUT2D eigenvalue weighted by Gasteiger charge is -2.14. The minimum Gasteiger partial charge on any atom is -0.495 e. The number of aryl methyl sites for hydroxylation is 1. The van der Waals surface area contributed by atoms with Crippen LogP contribution in [0, 0.1) is 6.92 Å². The van der Waals surface area contributed by atoms with E-state index in [4.69, 9.17) is 10.5 Å². The summed E-state index contributed by atoms with van der Waals surface area (Å²) in [5.74, 6) is 0.708. The topological polar surface area (TPSA) is 61.0 Å². The zero-order valence-electron chi connectivity index (χ0n) is 9.92. The first-order valence-electron chi connectivity index (χ1n) is 5.37. The van der Waals surface area contributed by atoms with Crippen molar-refractivity contribution in [2.24, 2.45) is 5.73 Å². The molecule has 88 valence electrons. The molecule has 2 heterocycles. The molecule has 0 saturated carbocycles. The van der Waals surface area contributed by atoms with Crippen molar-refractivity contribution in [1.29, 1.82) is 0 Å². The molecule has 2 aromatic heterocycles. The van der Waals surface area contributed by atoms with Crippen LogP contribution in [0.15, 0.2) is 36.9 Å². The molecule has 0 fully saturated rings. The average Bonchev–Trinajstić information content (AvgIpc) is 2.38. The van der Waals surface area contributed by atoms with E-state index in [0.29, 0.717) is 5.75 Å². The van der Waals surface area contributed by atoms with E-state index in [-0.39, 0.29) is 6.04 Å². The zero-order chi connectivity index (χ0) is 12.3. The van der Waals surface area contributed by atoms with E-state index in [1.54, 1.807) is 31.9 Å². The number of nitrogens with two attached hydrogens (primary N) is 1. The van der Waals surface area contributed by atoms with Crippen molar-refractivity contribution >= 4 is 0 Å². The van der Waals surface area contributed by atoms with Gasteiger partial charge in [-0.25, -0.2) is 0 Å². The third-order valence-corrected chi connectivity index (χ3v) is 2.74. The molecular weight excluding hydrogens is 214 g/mol. The molecule has 1 unspecified atom stereocenters. The summed E-state index contributed by atoms with van der Waals surface area (Å²) >= 11 is 0. The van der Waals surface area contributed by atoms with Crippen molar-refractivity contribution in [3.05, 3.63) is 53.6 Å². The highest BCUT2D eigenvalue weighted by molar-refractivity contribution is 5.35. The van der Waals surface area contributed by atoms with Gasteiger partial charge in [-0.15, -0.1) is 0 Å². The summed E-state index contributed by atoms with van der Waals surface area (Å²) < 4.78 is 5.14. The monoisotopic (exact) mass is 229 g/mol.